The molecule has 7 aromatic carbocycles. The summed E-state index contributed by atoms with van der Waals surface area (Å²) in [6, 6.07) is 54.2. The van der Waals surface area contributed by atoms with E-state index in [9.17, 15) is 0 Å². The van der Waals surface area contributed by atoms with Crippen molar-refractivity contribution in [3.05, 3.63) is 180 Å². The molecule has 4 nitrogen and oxygen atoms in total. The number of hydrogen-bond donors (Lipinski definition) is 0. The molecule has 329 valence electrons. The van der Waals surface area contributed by atoms with Gasteiger partial charge in [0.05, 0.1) is 22.4 Å². The van der Waals surface area contributed by atoms with Gasteiger partial charge in [-0.1, -0.05) is 118 Å². The largest absolute Gasteiger partial charge is 0 e. The number of aromatic nitrogens is 3. The van der Waals surface area contributed by atoms with E-state index in [4.69, 9.17) is 14.9 Å². The maximum absolute atomic E-state index is 8.49. The van der Waals surface area contributed by atoms with Gasteiger partial charge in [0.1, 0.15) is 5.58 Å². The van der Waals surface area contributed by atoms with E-state index < -0.39 is 26.0 Å². The van der Waals surface area contributed by atoms with E-state index in [1.165, 1.54) is 49.2 Å². The van der Waals surface area contributed by atoms with Gasteiger partial charge < -0.3 is 8.98 Å². The Bertz CT molecular complexity index is 3440. The van der Waals surface area contributed by atoms with Gasteiger partial charge in [0.25, 0.3) is 0 Å². The van der Waals surface area contributed by atoms with Gasteiger partial charge in [-0.25, -0.2) is 0 Å². The molecule has 3 heterocycles. The fourth-order valence-corrected chi connectivity index (χ4v) is 12.2. The zero-order valence-electron chi connectivity index (χ0n) is 42.6. The van der Waals surface area contributed by atoms with Crippen LogP contribution in [0.4, 0.5) is 0 Å². The number of pyridine rings is 1. The second-order valence-corrected chi connectivity index (χ2v) is 29.2. The van der Waals surface area contributed by atoms with Crippen LogP contribution in [0.15, 0.2) is 150 Å². The van der Waals surface area contributed by atoms with E-state index in [1.54, 1.807) is 12.1 Å². The zero-order valence-corrected chi connectivity index (χ0v) is 43.1. The number of imidazole rings is 1. The molecule has 0 aliphatic rings. The predicted octanol–water partition coefficient (Wildman–Crippen LogP) is 16.0. The first-order valence-corrected chi connectivity index (χ1v) is 29.6. The Balaban J connectivity index is 0.000000219. The SMILES string of the molecule is CC(C)c1cc(-c2ccccc2)cc(C(C)C)c1-n1c(-c2[c-]ccc3c2oc2ccccc23)nc2ccc3ccccc3c21.[2H]C([2H])([2H])c1c[c-]c(-c2cc(C([2H])(C)C)[c]([Ge]([CH3])([CH3])[CH3])cn2)cc1.[Ir]. The molecule has 0 aliphatic carbocycles. The number of nitrogens with zero attached hydrogens (tertiary/aromatic N) is 3. The topological polar surface area (TPSA) is 43.9 Å². The van der Waals surface area contributed by atoms with Gasteiger partial charge in [0.2, 0.25) is 0 Å². The Hall–Kier alpha value is -5.59. The maximum Gasteiger partial charge on any atom is 0 e. The summed E-state index contributed by atoms with van der Waals surface area (Å²) in [5.74, 6) is 7.58. The number of benzene rings is 7. The predicted molar refractivity (Wildman–Crippen MR) is 274 cm³/mol. The molecule has 6 heteroatoms. The van der Waals surface area contributed by atoms with E-state index in [-0.39, 0.29) is 37.5 Å². The summed E-state index contributed by atoms with van der Waals surface area (Å²) in [7, 11) is 0. The molecular weight excluding hydrogens is 1030 g/mol. The molecule has 0 N–H and O–H groups in total. The second-order valence-electron chi connectivity index (χ2n) is 18.7. The molecule has 0 spiro atoms. The number of para-hydroxylation sites is 1. The monoisotopic (exact) mass is 1090 g/mol. The minimum absolute atomic E-state index is 0. The number of hydrogen-bond acceptors (Lipinski definition) is 3. The molecule has 0 saturated carbocycles. The molecule has 0 fully saturated rings. The van der Waals surface area contributed by atoms with Crippen molar-refractivity contribution in [1.29, 1.82) is 0 Å². The third kappa shape index (κ3) is 8.91. The smallest absolute Gasteiger partial charge is 0 e. The molecule has 0 amide bonds. The van der Waals surface area contributed by atoms with Crippen LogP contribution in [-0.4, -0.2) is 27.8 Å². The van der Waals surface area contributed by atoms with Crippen molar-refractivity contribution in [2.75, 3.05) is 0 Å². The van der Waals surface area contributed by atoms with Crippen LogP contribution in [0.5, 0.6) is 0 Å². The second kappa shape index (κ2) is 18.7. The van der Waals surface area contributed by atoms with Crippen LogP contribution in [0.1, 0.15) is 87.0 Å². The average Bonchev–Trinajstić information content (AvgIpc) is 3.90. The van der Waals surface area contributed by atoms with E-state index in [1.807, 2.05) is 44.3 Å². The number of rotatable bonds is 8. The first-order valence-electron chi connectivity index (χ1n) is 24.3. The Kier molecular flexibility index (Phi) is 11.8. The van der Waals surface area contributed by atoms with Crippen LogP contribution in [0.2, 0.25) is 17.3 Å². The van der Waals surface area contributed by atoms with Gasteiger partial charge in [-0.15, -0.1) is 18.2 Å². The van der Waals surface area contributed by atoms with E-state index in [0.717, 1.165) is 61.2 Å². The maximum atomic E-state index is 8.49. The Morgan fingerprint density at radius 1 is 0.692 bits per heavy atom. The molecule has 0 aliphatic heterocycles. The third-order valence-corrected chi connectivity index (χ3v) is 16.4. The summed E-state index contributed by atoms with van der Waals surface area (Å²) in [6.07, 6.45) is 1.91. The van der Waals surface area contributed by atoms with Crippen LogP contribution in [0.25, 0.3) is 83.2 Å². The summed E-state index contributed by atoms with van der Waals surface area (Å²) >= 11 is -2.14. The summed E-state index contributed by atoms with van der Waals surface area (Å²) in [5.41, 5.74) is 13.6. The quantitative estimate of drug-likeness (QED) is 0.112. The molecule has 0 atom stereocenters. The van der Waals surface area contributed by atoms with E-state index in [0.29, 0.717) is 0 Å². The van der Waals surface area contributed by atoms with E-state index >= 15 is 0 Å². The summed E-state index contributed by atoms with van der Waals surface area (Å²) < 4.78 is 41.0. The third-order valence-electron chi connectivity index (χ3n) is 12.2. The van der Waals surface area contributed by atoms with Gasteiger partial charge in [0, 0.05) is 36.6 Å². The van der Waals surface area contributed by atoms with Crippen molar-refractivity contribution in [2.24, 2.45) is 0 Å². The average molecular weight is 1090 g/mol. The van der Waals surface area contributed by atoms with Gasteiger partial charge in [0.15, 0.2) is 0 Å². The van der Waals surface area contributed by atoms with Gasteiger partial charge >= 0.3 is 131 Å². The molecule has 10 rings (SSSR count). The number of fused-ring (bicyclic) bond motifs is 6. The molecule has 0 bridgehead atoms. The van der Waals surface area contributed by atoms with Crippen molar-refractivity contribution in [2.45, 2.75) is 83.4 Å². The van der Waals surface area contributed by atoms with Crippen molar-refractivity contribution in [3.63, 3.8) is 0 Å². The van der Waals surface area contributed by atoms with Crippen LogP contribution in [-0.2, 0) is 20.1 Å². The molecule has 10 aromatic rings. The summed E-state index contributed by atoms with van der Waals surface area (Å²) in [4.78, 5) is 9.96. The van der Waals surface area contributed by atoms with Crippen molar-refractivity contribution in [3.8, 4) is 39.5 Å². The van der Waals surface area contributed by atoms with Gasteiger partial charge in [-0.05, 0) is 63.7 Å². The molecule has 0 unspecified atom stereocenters. The van der Waals surface area contributed by atoms with Gasteiger partial charge in [-0.3, -0.25) is 4.98 Å². The molecule has 65 heavy (non-hydrogen) atoms. The first kappa shape index (κ1) is 40.9. The fourth-order valence-electron chi connectivity index (χ4n) is 8.89. The van der Waals surface area contributed by atoms with Crippen LogP contribution in [0.3, 0.4) is 0 Å². The normalized spacial score (nSPS) is 13.1. The fraction of sp³-hybridized carbons (Fsp3) is 0.220. The minimum atomic E-state index is -2.14. The minimum Gasteiger partial charge on any atom is 0 e. The molecule has 1 radical (unpaired) electrons. The van der Waals surface area contributed by atoms with Gasteiger partial charge in [-0.2, -0.15) is 0 Å². The van der Waals surface area contributed by atoms with Crippen molar-refractivity contribution >= 4 is 61.4 Å². The Labute approximate surface area is 406 Å². The summed E-state index contributed by atoms with van der Waals surface area (Å²) in [5, 5.41) is 4.54. The van der Waals surface area contributed by atoms with Crippen LogP contribution < -0.4 is 4.40 Å². The van der Waals surface area contributed by atoms with Crippen LogP contribution >= 0.6 is 0 Å². The first-order chi connectivity index (χ1) is 32.3. The molecule has 0 saturated heterocycles. The zero-order chi connectivity index (χ0) is 48.3. The summed E-state index contributed by atoms with van der Waals surface area (Å²) in [6.45, 7) is 10.8. The standard InChI is InChI=1S/C41H33N2O.C18H24GeN.Ir/c1-25(2)34-23-29(27-13-6-5-7-14-27)24-35(26(3)4)38(34)43-39-30-16-9-8-15-28(30)21-22-36(39)42-41(43)33-19-12-18-32-31-17-10-11-20-37(31)44-40(32)33;1-13(2)16-11-18(15-9-7-14(3)8-10-15)20-12-17(16)19(4,5)6;/h5-18,20-26H,1-4H3;7-9,11-13H,1-6H3;/q2*-1;/i;3D3,13D;. The van der Waals surface area contributed by atoms with E-state index in [2.05, 4.69) is 164 Å². The molecular formula is C59H57GeIrN3O-2. The number of aryl methyl sites for hydroxylation is 1. The molecule has 3 aromatic heterocycles. The Morgan fingerprint density at radius 2 is 1.38 bits per heavy atom. The van der Waals surface area contributed by atoms with Crippen LogP contribution in [0, 0.1) is 19.0 Å². The van der Waals surface area contributed by atoms with Crippen molar-refractivity contribution < 1.29 is 30.0 Å². The van der Waals surface area contributed by atoms with Crippen molar-refractivity contribution in [1.82, 2.24) is 14.5 Å². The Morgan fingerprint density at radius 3 is 2.05 bits per heavy atom. The number of furan rings is 1.